The monoisotopic (exact) mass is 380 g/mol. The predicted molar refractivity (Wildman–Crippen MR) is 104 cm³/mol. The molecule has 28 heavy (non-hydrogen) atoms. The predicted octanol–water partition coefficient (Wildman–Crippen LogP) is 3.07. The van der Waals surface area contributed by atoms with Crippen molar-refractivity contribution in [3.05, 3.63) is 59.2 Å². The molecule has 0 spiro atoms. The lowest BCUT2D eigenvalue weighted by Crippen LogP contribution is -2.54. The highest BCUT2D eigenvalue weighted by molar-refractivity contribution is 6.39. The standard InChI is InChI=1S/C21H20N2O5/c1-4-28-16-9-6-15(7-10-16)23-20(25)18(19(24)22-21(23)26)12-14-5-8-17(27-3)11-13(14)2/h5-12H,4H2,1-3H3,(H,22,24,26). The fourth-order valence-electron chi connectivity index (χ4n) is 2.84. The van der Waals surface area contributed by atoms with Crippen LogP contribution in [0.5, 0.6) is 11.5 Å². The van der Waals surface area contributed by atoms with Crippen molar-refractivity contribution < 1.29 is 23.9 Å². The average Bonchev–Trinajstić information content (AvgIpc) is 2.67. The molecule has 1 aliphatic rings. The molecule has 0 aromatic heterocycles. The Morgan fingerprint density at radius 3 is 2.32 bits per heavy atom. The van der Waals surface area contributed by atoms with E-state index < -0.39 is 17.8 Å². The second kappa shape index (κ2) is 7.96. The molecule has 7 heteroatoms. The van der Waals surface area contributed by atoms with Crippen LogP contribution >= 0.6 is 0 Å². The molecule has 2 aromatic carbocycles. The van der Waals surface area contributed by atoms with Gasteiger partial charge in [-0.2, -0.15) is 0 Å². The van der Waals surface area contributed by atoms with E-state index in [-0.39, 0.29) is 5.57 Å². The summed E-state index contributed by atoms with van der Waals surface area (Å²) in [5, 5.41) is 2.21. The fraction of sp³-hybridized carbons (Fsp3) is 0.190. The molecule has 0 saturated carbocycles. The first kappa shape index (κ1) is 19.2. The van der Waals surface area contributed by atoms with E-state index in [9.17, 15) is 14.4 Å². The second-order valence-electron chi connectivity index (χ2n) is 6.11. The lowest BCUT2D eigenvalue weighted by molar-refractivity contribution is -0.122. The largest absolute Gasteiger partial charge is 0.497 e. The topological polar surface area (TPSA) is 84.9 Å². The molecule has 1 aliphatic heterocycles. The number of nitrogens with one attached hydrogen (secondary N) is 1. The lowest BCUT2D eigenvalue weighted by Gasteiger charge is -2.26. The molecule has 0 unspecified atom stereocenters. The maximum absolute atomic E-state index is 12.9. The number of amides is 4. The van der Waals surface area contributed by atoms with Crippen LogP contribution in [0.15, 0.2) is 48.0 Å². The Bertz CT molecular complexity index is 963. The number of carbonyl (C=O) groups is 3. The van der Waals surface area contributed by atoms with Gasteiger partial charge in [-0.1, -0.05) is 6.07 Å². The van der Waals surface area contributed by atoms with Gasteiger partial charge in [-0.05, 0) is 67.4 Å². The molecule has 0 aliphatic carbocycles. The number of imide groups is 2. The molecule has 0 atom stereocenters. The number of ether oxygens (including phenoxy) is 2. The van der Waals surface area contributed by atoms with E-state index >= 15 is 0 Å². The first-order chi connectivity index (χ1) is 13.4. The number of urea groups is 1. The van der Waals surface area contributed by atoms with Crippen LogP contribution in [0, 0.1) is 6.92 Å². The van der Waals surface area contributed by atoms with E-state index in [1.54, 1.807) is 49.6 Å². The molecule has 1 heterocycles. The third-order valence-electron chi connectivity index (χ3n) is 4.28. The number of methoxy groups -OCH3 is 1. The van der Waals surface area contributed by atoms with Gasteiger partial charge in [0.15, 0.2) is 0 Å². The maximum atomic E-state index is 12.9. The zero-order chi connectivity index (χ0) is 20.3. The van der Waals surface area contributed by atoms with Crippen LogP contribution in [0.4, 0.5) is 10.5 Å². The third-order valence-corrected chi connectivity index (χ3v) is 4.28. The van der Waals surface area contributed by atoms with Gasteiger partial charge in [-0.25, -0.2) is 9.69 Å². The summed E-state index contributed by atoms with van der Waals surface area (Å²) in [5.41, 5.74) is 1.73. The number of carbonyl (C=O) groups excluding carboxylic acids is 3. The quantitative estimate of drug-likeness (QED) is 0.637. The van der Waals surface area contributed by atoms with E-state index in [1.165, 1.54) is 6.08 Å². The second-order valence-corrected chi connectivity index (χ2v) is 6.11. The summed E-state index contributed by atoms with van der Waals surface area (Å²) < 4.78 is 10.5. The fourth-order valence-corrected chi connectivity index (χ4v) is 2.84. The number of anilines is 1. The Labute approximate surface area is 162 Å². The summed E-state index contributed by atoms with van der Waals surface area (Å²) in [6, 6.07) is 11.0. The van der Waals surface area contributed by atoms with Gasteiger partial charge in [0, 0.05) is 0 Å². The van der Waals surface area contributed by atoms with E-state index in [0.717, 1.165) is 10.5 Å². The number of hydrogen-bond acceptors (Lipinski definition) is 5. The Kier molecular flexibility index (Phi) is 5.44. The molecule has 3 rings (SSSR count). The van der Waals surface area contributed by atoms with Crippen molar-refractivity contribution in [3.63, 3.8) is 0 Å². The molecule has 7 nitrogen and oxygen atoms in total. The Morgan fingerprint density at radius 2 is 1.71 bits per heavy atom. The highest BCUT2D eigenvalue weighted by atomic mass is 16.5. The van der Waals surface area contributed by atoms with Crippen LogP contribution in [-0.2, 0) is 9.59 Å². The van der Waals surface area contributed by atoms with Gasteiger partial charge < -0.3 is 9.47 Å². The Morgan fingerprint density at radius 1 is 1.04 bits per heavy atom. The van der Waals surface area contributed by atoms with Crippen molar-refractivity contribution in [1.29, 1.82) is 0 Å². The van der Waals surface area contributed by atoms with Crippen LogP contribution in [0.2, 0.25) is 0 Å². The van der Waals surface area contributed by atoms with E-state index in [4.69, 9.17) is 9.47 Å². The van der Waals surface area contributed by atoms with Crippen molar-refractivity contribution in [2.45, 2.75) is 13.8 Å². The molecular weight excluding hydrogens is 360 g/mol. The maximum Gasteiger partial charge on any atom is 0.335 e. The van der Waals surface area contributed by atoms with Gasteiger partial charge in [0.2, 0.25) is 0 Å². The van der Waals surface area contributed by atoms with Crippen LogP contribution < -0.4 is 19.7 Å². The highest BCUT2D eigenvalue weighted by Gasteiger charge is 2.36. The lowest BCUT2D eigenvalue weighted by atomic mass is 10.0. The van der Waals surface area contributed by atoms with Crippen molar-refractivity contribution in [2.75, 3.05) is 18.6 Å². The first-order valence-electron chi connectivity index (χ1n) is 8.73. The number of nitrogens with zero attached hydrogens (tertiary/aromatic N) is 1. The molecular formula is C21H20N2O5. The molecule has 1 N–H and O–H groups in total. The molecule has 0 radical (unpaired) electrons. The van der Waals surface area contributed by atoms with Gasteiger partial charge >= 0.3 is 6.03 Å². The van der Waals surface area contributed by atoms with Crippen LogP contribution in [0.25, 0.3) is 6.08 Å². The third kappa shape index (κ3) is 3.73. The van der Waals surface area contributed by atoms with Gasteiger partial charge in [0.1, 0.15) is 17.1 Å². The smallest absolute Gasteiger partial charge is 0.335 e. The van der Waals surface area contributed by atoms with E-state index in [2.05, 4.69) is 5.32 Å². The molecule has 4 amide bonds. The van der Waals surface area contributed by atoms with Crippen LogP contribution in [0.3, 0.4) is 0 Å². The zero-order valence-electron chi connectivity index (χ0n) is 15.8. The van der Waals surface area contributed by atoms with Crippen molar-refractivity contribution in [2.24, 2.45) is 0 Å². The Hall–Kier alpha value is -3.61. The number of hydrogen-bond donors (Lipinski definition) is 1. The molecule has 2 aromatic rings. The van der Waals surface area contributed by atoms with Crippen LogP contribution in [-0.4, -0.2) is 31.6 Å². The number of barbiturate groups is 1. The van der Waals surface area contributed by atoms with E-state index in [0.29, 0.717) is 29.4 Å². The van der Waals surface area contributed by atoms with E-state index in [1.807, 2.05) is 13.8 Å². The van der Waals surface area contributed by atoms with Gasteiger partial charge in [-0.3, -0.25) is 14.9 Å². The summed E-state index contributed by atoms with van der Waals surface area (Å²) in [4.78, 5) is 38.4. The molecule has 144 valence electrons. The van der Waals surface area contributed by atoms with Crippen LogP contribution in [0.1, 0.15) is 18.1 Å². The minimum Gasteiger partial charge on any atom is -0.497 e. The van der Waals surface area contributed by atoms with Crippen molar-refractivity contribution in [1.82, 2.24) is 5.32 Å². The molecule has 1 saturated heterocycles. The number of aryl methyl sites for hydroxylation is 1. The molecule has 1 fully saturated rings. The zero-order valence-corrected chi connectivity index (χ0v) is 15.8. The normalized spacial score (nSPS) is 15.6. The summed E-state index contributed by atoms with van der Waals surface area (Å²) in [5.74, 6) is -0.123. The average molecular weight is 380 g/mol. The van der Waals surface area contributed by atoms with Crippen molar-refractivity contribution in [3.8, 4) is 11.5 Å². The number of rotatable bonds is 5. The van der Waals surface area contributed by atoms with Gasteiger partial charge in [-0.15, -0.1) is 0 Å². The van der Waals surface area contributed by atoms with Gasteiger partial charge in [0.25, 0.3) is 11.8 Å². The SMILES string of the molecule is CCOc1ccc(N2C(=O)NC(=O)C(=Cc3ccc(OC)cc3C)C2=O)cc1. The summed E-state index contributed by atoms with van der Waals surface area (Å²) >= 11 is 0. The first-order valence-corrected chi connectivity index (χ1v) is 8.73. The summed E-state index contributed by atoms with van der Waals surface area (Å²) in [7, 11) is 1.56. The summed E-state index contributed by atoms with van der Waals surface area (Å²) in [6.07, 6.45) is 1.47. The minimum atomic E-state index is -0.789. The minimum absolute atomic E-state index is 0.123. The summed E-state index contributed by atoms with van der Waals surface area (Å²) in [6.45, 7) is 4.21. The Balaban J connectivity index is 1.96. The van der Waals surface area contributed by atoms with Crippen molar-refractivity contribution >= 4 is 29.6 Å². The number of benzene rings is 2. The molecule has 0 bridgehead atoms. The highest BCUT2D eigenvalue weighted by Crippen LogP contribution is 2.25. The van der Waals surface area contributed by atoms with Gasteiger partial charge in [0.05, 0.1) is 19.4 Å².